The second-order valence-corrected chi connectivity index (χ2v) is 5.56. The van der Waals surface area contributed by atoms with Gasteiger partial charge in [-0.15, -0.1) is 0 Å². The number of hydrogen-bond donors (Lipinski definition) is 1. The third-order valence-electron chi connectivity index (χ3n) is 2.86. The highest BCUT2D eigenvalue weighted by Crippen LogP contribution is 2.26. The fourth-order valence-electron chi connectivity index (χ4n) is 1.79. The predicted molar refractivity (Wildman–Crippen MR) is 85.7 cm³/mol. The van der Waals surface area contributed by atoms with E-state index in [0.717, 1.165) is 4.47 Å². The van der Waals surface area contributed by atoms with Crippen molar-refractivity contribution in [3.8, 4) is 5.75 Å². The summed E-state index contributed by atoms with van der Waals surface area (Å²) < 4.78 is 11.2. The van der Waals surface area contributed by atoms with Gasteiger partial charge in [0.05, 0.1) is 7.11 Å². The summed E-state index contributed by atoms with van der Waals surface area (Å²) in [5.41, 5.74) is 7.04. The largest absolute Gasteiger partial charge is 0.496 e. The number of benzene rings is 2. The Bertz CT molecular complexity index is 676. The second kappa shape index (κ2) is 6.83. The van der Waals surface area contributed by atoms with Gasteiger partial charge in [-0.3, -0.25) is 0 Å². The van der Waals surface area contributed by atoms with E-state index in [1.807, 2.05) is 6.07 Å². The molecule has 0 radical (unpaired) electrons. The van der Waals surface area contributed by atoms with Crippen LogP contribution in [0.1, 0.15) is 15.9 Å². The van der Waals surface area contributed by atoms with Crippen molar-refractivity contribution in [3.63, 3.8) is 0 Å². The first-order chi connectivity index (χ1) is 10.0. The second-order valence-electron chi connectivity index (χ2n) is 4.24. The Morgan fingerprint density at radius 3 is 2.76 bits per heavy atom. The number of carbonyl (C=O) groups excluding carboxylic acids is 1. The number of nitrogens with two attached hydrogens (primary N) is 1. The molecule has 2 rings (SSSR count). The van der Waals surface area contributed by atoms with Crippen LogP contribution in [0.5, 0.6) is 5.75 Å². The summed E-state index contributed by atoms with van der Waals surface area (Å²) in [7, 11) is 1.47. The third-order valence-corrected chi connectivity index (χ3v) is 3.70. The predicted octanol–water partition coefficient (Wildman–Crippen LogP) is 4.05. The number of ether oxygens (including phenoxy) is 2. The number of rotatable bonds is 4. The molecule has 0 aromatic heterocycles. The summed E-state index contributed by atoms with van der Waals surface area (Å²) in [6.07, 6.45) is 0. The summed E-state index contributed by atoms with van der Waals surface area (Å²) in [6, 6.07) is 10.3. The summed E-state index contributed by atoms with van der Waals surface area (Å²) >= 11 is 9.39. The first kappa shape index (κ1) is 15.7. The van der Waals surface area contributed by atoms with Gasteiger partial charge >= 0.3 is 5.97 Å². The molecule has 0 bridgehead atoms. The van der Waals surface area contributed by atoms with Crippen molar-refractivity contribution in [2.75, 3.05) is 12.8 Å². The van der Waals surface area contributed by atoms with Crippen LogP contribution < -0.4 is 10.5 Å². The molecule has 0 aliphatic rings. The molecule has 0 fully saturated rings. The Balaban J connectivity index is 2.16. The minimum Gasteiger partial charge on any atom is -0.496 e. The Hall–Kier alpha value is -1.72. The molecule has 0 aliphatic carbocycles. The van der Waals surface area contributed by atoms with Crippen LogP contribution in [0.3, 0.4) is 0 Å². The van der Waals surface area contributed by atoms with E-state index >= 15 is 0 Å². The molecule has 2 aromatic rings. The lowest BCUT2D eigenvalue weighted by molar-refractivity contribution is 0.0470. The fourth-order valence-corrected chi connectivity index (χ4v) is 2.52. The van der Waals surface area contributed by atoms with E-state index in [1.54, 1.807) is 30.3 Å². The molecule has 4 nitrogen and oxygen atoms in total. The lowest BCUT2D eigenvalue weighted by atomic mass is 10.1. The van der Waals surface area contributed by atoms with Crippen molar-refractivity contribution in [2.24, 2.45) is 0 Å². The van der Waals surface area contributed by atoms with Gasteiger partial charge in [0, 0.05) is 20.7 Å². The SMILES string of the molecule is COc1cccc(N)c1C(=O)OCc1ccc(Br)cc1Cl. The van der Waals surface area contributed by atoms with Crippen LogP contribution in [0.25, 0.3) is 0 Å². The monoisotopic (exact) mass is 369 g/mol. The van der Waals surface area contributed by atoms with Gasteiger partial charge in [-0.25, -0.2) is 4.79 Å². The molecule has 0 heterocycles. The first-order valence-corrected chi connectivity index (χ1v) is 7.23. The summed E-state index contributed by atoms with van der Waals surface area (Å²) in [6.45, 7) is 0.0580. The molecule has 0 saturated heterocycles. The molecule has 0 amide bonds. The van der Waals surface area contributed by atoms with Crippen molar-refractivity contribution in [3.05, 3.63) is 57.0 Å². The van der Waals surface area contributed by atoms with Crippen LogP contribution in [0.15, 0.2) is 40.9 Å². The van der Waals surface area contributed by atoms with Crippen LogP contribution in [0.4, 0.5) is 5.69 Å². The molecule has 2 N–H and O–H groups in total. The molecule has 0 spiro atoms. The Morgan fingerprint density at radius 2 is 2.10 bits per heavy atom. The van der Waals surface area contributed by atoms with Crippen molar-refractivity contribution >= 4 is 39.2 Å². The highest BCUT2D eigenvalue weighted by molar-refractivity contribution is 9.10. The number of methoxy groups -OCH3 is 1. The summed E-state index contributed by atoms with van der Waals surface area (Å²) in [5, 5.41) is 0.519. The maximum absolute atomic E-state index is 12.2. The standard InChI is InChI=1S/C15H13BrClNO3/c1-20-13-4-2-3-12(18)14(13)15(19)21-8-9-5-6-10(16)7-11(9)17/h2-7H,8,18H2,1H3. The highest BCUT2D eigenvalue weighted by atomic mass is 79.9. The van der Waals surface area contributed by atoms with E-state index in [0.29, 0.717) is 22.0 Å². The summed E-state index contributed by atoms with van der Waals surface area (Å²) in [5.74, 6) is -0.175. The molecular weight excluding hydrogens is 358 g/mol. The molecule has 0 saturated carbocycles. The maximum Gasteiger partial charge on any atom is 0.344 e. The van der Waals surface area contributed by atoms with E-state index in [-0.39, 0.29) is 12.2 Å². The van der Waals surface area contributed by atoms with E-state index in [1.165, 1.54) is 7.11 Å². The molecule has 6 heteroatoms. The van der Waals surface area contributed by atoms with Gasteiger partial charge in [0.1, 0.15) is 17.9 Å². The molecular formula is C15H13BrClNO3. The van der Waals surface area contributed by atoms with Crippen LogP contribution in [0.2, 0.25) is 5.02 Å². The minimum atomic E-state index is -0.552. The smallest absolute Gasteiger partial charge is 0.344 e. The molecule has 0 unspecified atom stereocenters. The summed E-state index contributed by atoms with van der Waals surface area (Å²) in [4.78, 5) is 12.2. The average molecular weight is 371 g/mol. The van der Waals surface area contributed by atoms with Crippen LogP contribution in [-0.4, -0.2) is 13.1 Å². The van der Waals surface area contributed by atoms with Gasteiger partial charge in [0.2, 0.25) is 0 Å². The Labute approximate surface area is 135 Å². The van der Waals surface area contributed by atoms with Crippen molar-refractivity contribution in [1.29, 1.82) is 0 Å². The van der Waals surface area contributed by atoms with Crippen LogP contribution >= 0.6 is 27.5 Å². The number of anilines is 1. The first-order valence-electron chi connectivity index (χ1n) is 6.06. The average Bonchev–Trinajstić information content (AvgIpc) is 2.45. The Kier molecular flexibility index (Phi) is 5.09. The van der Waals surface area contributed by atoms with E-state index in [2.05, 4.69) is 15.9 Å². The molecule has 0 atom stereocenters. The number of nitrogen functional groups attached to an aromatic ring is 1. The van der Waals surface area contributed by atoms with E-state index < -0.39 is 5.97 Å². The van der Waals surface area contributed by atoms with E-state index in [9.17, 15) is 4.79 Å². The van der Waals surface area contributed by atoms with Gasteiger partial charge in [0.25, 0.3) is 0 Å². The van der Waals surface area contributed by atoms with Crippen molar-refractivity contribution in [1.82, 2.24) is 0 Å². The molecule has 0 aliphatic heterocycles. The normalized spacial score (nSPS) is 10.2. The van der Waals surface area contributed by atoms with Gasteiger partial charge in [-0.05, 0) is 24.3 Å². The van der Waals surface area contributed by atoms with Gasteiger partial charge < -0.3 is 15.2 Å². The zero-order valence-electron chi connectivity index (χ0n) is 11.2. The molecule has 110 valence electrons. The number of hydrogen-bond acceptors (Lipinski definition) is 4. The molecule has 2 aromatic carbocycles. The number of esters is 1. The highest BCUT2D eigenvalue weighted by Gasteiger charge is 2.17. The van der Waals surface area contributed by atoms with Crippen LogP contribution in [0, 0.1) is 0 Å². The van der Waals surface area contributed by atoms with Crippen LogP contribution in [-0.2, 0) is 11.3 Å². The van der Waals surface area contributed by atoms with Gasteiger partial charge in [-0.1, -0.05) is 39.7 Å². The minimum absolute atomic E-state index is 0.0580. The van der Waals surface area contributed by atoms with Gasteiger partial charge in [0.15, 0.2) is 0 Å². The number of carbonyl (C=O) groups is 1. The zero-order valence-corrected chi connectivity index (χ0v) is 13.6. The topological polar surface area (TPSA) is 61.5 Å². The lowest BCUT2D eigenvalue weighted by Gasteiger charge is -2.11. The zero-order chi connectivity index (χ0) is 15.4. The quantitative estimate of drug-likeness (QED) is 0.651. The maximum atomic E-state index is 12.2. The fraction of sp³-hybridized carbons (Fsp3) is 0.133. The number of halogens is 2. The van der Waals surface area contributed by atoms with E-state index in [4.69, 9.17) is 26.8 Å². The molecule has 21 heavy (non-hydrogen) atoms. The van der Waals surface area contributed by atoms with Gasteiger partial charge in [-0.2, -0.15) is 0 Å². The lowest BCUT2D eigenvalue weighted by Crippen LogP contribution is -2.10. The van der Waals surface area contributed by atoms with Crippen molar-refractivity contribution in [2.45, 2.75) is 6.61 Å². The van der Waals surface area contributed by atoms with Crippen molar-refractivity contribution < 1.29 is 14.3 Å². The Morgan fingerprint density at radius 1 is 1.33 bits per heavy atom. The third kappa shape index (κ3) is 3.68.